The zero-order chi connectivity index (χ0) is 20.8. The lowest BCUT2D eigenvalue weighted by Gasteiger charge is -2.13. The van der Waals surface area contributed by atoms with Crippen LogP contribution in [0.5, 0.6) is 23.3 Å². The average molecular weight is 396 g/mol. The topological polar surface area (TPSA) is 90.8 Å². The molecule has 3 rings (SSSR count). The van der Waals surface area contributed by atoms with Crippen LogP contribution in [0.4, 0.5) is 4.39 Å². The summed E-state index contributed by atoms with van der Waals surface area (Å²) in [5.41, 5.74) is 0.273. The van der Waals surface area contributed by atoms with E-state index >= 15 is 0 Å². The number of carboxylic acids is 1. The van der Waals surface area contributed by atoms with E-state index in [1.807, 2.05) is 0 Å². The fourth-order valence-corrected chi connectivity index (χ4v) is 2.51. The summed E-state index contributed by atoms with van der Waals surface area (Å²) >= 11 is 0. The number of aliphatic carboxylic acids is 1. The minimum Gasteiger partial charge on any atom is -0.500 e. The molecule has 1 aromatic heterocycles. The minimum atomic E-state index is -1.16. The highest BCUT2D eigenvalue weighted by molar-refractivity contribution is 6.16. The first-order valence-corrected chi connectivity index (χ1v) is 8.49. The van der Waals surface area contributed by atoms with Gasteiger partial charge < -0.3 is 19.3 Å². The fourth-order valence-electron chi connectivity index (χ4n) is 2.51. The number of benzene rings is 2. The second-order valence-electron chi connectivity index (χ2n) is 5.77. The Labute approximate surface area is 166 Å². The summed E-state index contributed by atoms with van der Waals surface area (Å²) in [7, 11) is 1.39. The Kier molecular flexibility index (Phi) is 6.03. The molecule has 0 unspecified atom stereocenters. The van der Waals surface area contributed by atoms with E-state index < -0.39 is 11.8 Å². The zero-order valence-corrected chi connectivity index (χ0v) is 15.6. The molecule has 0 radical (unpaired) electrons. The molecule has 0 saturated heterocycles. The minimum absolute atomic E-state index is 0.00404. The Bertz CT molecular complexity index is 1070. The lowest BCUT2D eigenvalue weighted by molar-refractivity contribution is -0.130. The van der Waals surface area contributed by atoms with Gasteiger partial charge in [-0.15, -0.1) is 0 Å². The summed E-state index contributed by atoms with van der Waals surface area (Å²) < 4.78 is 30.1. The van der Waals surface area contributed by atoms with Gasteiger partial charge in [-0.2, -0.15) is 0 Å². The number of nitrogens with zero attached hydrogens (tertiary/aromatic N) is 2. The molecule has 0 saturated carbocycles. The summed E-state index contributed by atoms with van der Waals surface area (Å²) in [5.74, 6) is -1.06. The van der Waals surface area contributed by atoms with E-state index in [0.717, 1.165) is 0 Å². The molecule has 3 aromatic rings. The van der Waals surface area contributed by atoms with Crippen molar-refractivity contribution in [2.75, 3.05) is 7.11 Å². The first-order chi connectivity index (χ1) is 14.0. The predicted molar refractivity (Wildman–Crippen MR) is 102 cm³/mol. The lowest BCUT2D eigenvalue weighted by Crippen LogP contribution is -2.05. The van der Waals surface area contributed by atoms with E-state index in [-0.39, 0.29) is 34.6 Å². The normalized spacial score (nSPS) is 11.4. The van der Waals surface area contributed by atoms with Crippen LogP contribution in [0, 0.1) is 5.82 Å². The third kappa shape index (κ3) is 4.67. The van der Waals surface area contributed by atoms with Gasteiger partial charge in [-0.05, 0) is 25.1 Å². The number of rotatable bonds is 7. The van der Waals surface area contributed by atoms with Gasteiger partial charge in [0.05, 0.1) is 13.2 Å². The van der Waals surface area contributed by atoms with E-state index in [9.17, 15) is 14.3 Å². The van der Waals surface area contributed by atoms with Crippen molar-refractivity contribution >= 4 is 11.5 Å². The molecule has 0 amide bonds. The second kappa shape index (κ2) is 8.83. The maximum atomic E-state index is 13.8. The van der Waals surface area contributed by atoms with Crippen molar-refractivity contribution < 1.29 is 28.5 Å². The molecule has 8 heteroatoms. The summed E-state index contributed by atoms with van der Waals surface area (Å²) in [6.45, 7) is 1.55. The maximum absolute atomic E-state index is 13.8. The quantitative estimate of drug-likeness (QED) is 0.459. The molecule has 1 N–H and O–H groups in total. The highest BCUT2D eigenvalue weighted by atomic mass is 19.1. The van der Waals surface area contributed by atoms with Crippen LogP contribution < -0.4 is 9.47 Å². The van der Waals surface area contributed by atoms with Crippen LogP contribution in [0.25, 0.3) is 5.57 Å². The number of hydrogen-bond acceptors (Lipinski definition) is 6. The van der Waals surface area contributed by atoms with Gasteiger partial charge in [0.2, 0.25) is 11.8 Å². The van der Waals surface area contributed by atoms with Crippen LogP contribution in [-0.4, -0.2) is 28.2 Å². The van der Waals surface area contributed by atoms with E-state index in [2.05, 4.69) is 9.97 Å². The van der Waals surface area contributed by atoms with Crippen LogP contribution in [-0.2, 0) is 9.53 Å². The average Bonchev–Trinajstić information content (AvgIpc) is 2.71. The number of halogens is 1. The van der Waals surface area contributed by atoms with Gasteiger partial charge in [0.25, 0.3) is 0 Å². The van der Waals surface area contributed by atoms with Crippen LogP contribution in [0.3, 0.4) is 0 Å². The Morgan fingerprint density at radius 3 is 2.17 bits per heavy atom. The first kappa shape index (κ1) is 19.8. The second-order valence-corrected chi connectivity index (χ2v) is 5.77. The van der Waals surface area contributed by atoms with Crippen LogP contribution in [0.1, 0.15) is 12.5 Å². The number of carboxylic acid groups (broad SMARTS) is 1. The van der Waals surface area contributed by atoms with Crippen molar-refractivity contribution in [3.05, 3.63) is 78.1 Å². The molecule has 2 aromatic carbocycles. The van der Waals surface area contributed by atoms with E-state index in [1.54, 1.807) is 43.3 Å². The third-order valence-corrected chi connectivity index (χ3v) is 3.91. The van der Waals surface area contributed by atoms with Gasteiger partial charge in [-0.25, -0.2) is 19.2 Å². The molecule has 0 fully saturated rings. The fraction of sp³-hybridized carbons (Fsp3) is 0.0952. The third-order valence-electron chi connectivity index (χ3n) is 3.91. The van der Waals surface area contributed by atoms with Crippen molar-refractivity contribution in [2.24, 2.45) is 0 Å². The number of allylic oxidation sites excluding steroid dienone is 1. The number of ether oxygens (including phenoxy) is 3. The lowest BCUT2D eigenvalue weighted by atomic mass is 10.0. The van der Waals surface area contributed by atoms with Gasteiger partial charge >= 0.3 is 5.97 Å². The van der Waals surface area contributed by atoms with Gasteiger partial charge in [-0.3, -0.25) is 0 Å². The monoisotopic (exact) mass is 396 g/mol. The molecule has 0 bridgehead atoms. The Hall–Kier alpha value is -3.94. The number of aromatic nitrogens is 2. The molecule has 0 aliphatic rings. The SMILES string of the molecule is COC(C)=C(C(=O)O)c1ccccc1Oc1cc(Oc2ccccc2F)ncn1. The van der Waals surface area contributed by atoms with Gasteiger partial charge in [0.15, 0.2) is 11.6 Å². The summed E-state index contributed by atoms with van der Waals surface area (Å²) in [6.07, 6.45) is 1.20. The first-order valence-electron chi connectivity index (χ1n) is 8.49. The number of hydrogen-bond donors (Lipinski definition) is 1. The van der Waals surface area contributed by atoms with E-state index in [4.69, 9.17) is 14.2 Å². The molecule has 0 aliphatic carbocycles. The summed E-state index contributed by atoms with van der Waals surface area (Å²) in [4.78, 5) is 19.7. The Morgan fingerprint density at radius 1 is 0.966 bits per heavy atom. The smallest absolute Gasteiger partial charge is 0.339 e. The molecule has 0 atom stereocenters. The van der Waals surface area contributed by atoms with Gasteiger partial charge in [0.1, 0.15) is 23.4 Å². The zero-order valence-electron chi connectivity index (χ0n) is 15.6. The standard InChI is InChI=1S/C21H17FN2O5/c1-13(27-2)20(21(25)26)14-7-3-5-9-16(14)28-18-11-19(24-12-23-18)29-17-10-6-4-8-15(17)22/h3-12H,1-2H3,(H,25,26). The number of para-hydroxylation sites is 2. The van der Waals surface area contributed by atoms with Crippen molar-refractivity contribution in [1.82, 2.24) is 9.97 Å². The van der Waals surface area contributed by atoms with E-state index in [0.29, 0.717) is 5.56 Å². The summed E-state index contributed by atoms with van der Waals surface area (Å²) in [5, 5.41) is 9.58. The number of methoxy groups -OCH3 is 1. The predicted octanol–water partition coefficient (Wildman–Crippen LogP) is 4.66. The Balaban J connectivity index is 1.92. The van der Waals surface area contributed by atoms with E-state index in [1.165, 1.54) is 31.6 Å². The molecular formula is C21H17FN2O5. The van der Waals surface area contributed by atoms with Crippen molar-refractivity contribution in [1.29, 1.82) is 0 Å². The van der Waals surface area contributed by atoms with Crippen LogP contribution >= 0.6 is 0 Å². The van der Waals surface area contributed by atoms with Gasteiger partial charge in [0, 0.05) is 5.56 Å². The molecular weight excluding hydrogens is 379 g/mol. The van der Waals surface area contributed by atoms with Crippen molar-refractivity contribution in [3.63, 3.8) is 0 Å². The van der Waals surface area contributed by atoms with Crippen molar-refractivity contribution in [2.45, 2.75) is 6.92 Å². The largest absolute Gasteiger partial charge is 0.500 e. The Morgan fingerprint density at radius 2 is 1.55 bits per heavy atom. The molecule has 29 heavy (non-hydrogen) atoms. The molecule has 0 spiro atoms. The highest BCUT2D eigenvalue weighted by Gasteiger charge is 2.20. The molecule has 0 aliphatic heterocycles. The van der Waals surface area contributed by atoms with Crippen LogP contribution in [0.15, 0.2) is 66.7 Å². The molecule has 7 nitrogen and oxygen atoms in total. The molecule has 148 valence electrons. The maximum Gasteiger partial charge on any atom is 0.339 e. The van der Waals surface area contributed by atoms with Gasteiger partial charge in [-0.1, -0.05) is 30.3 Å². The van der Waals surface area contributed by atoms with Crippen LogP contribution in [0.2, 0.25) is 0 Å². The summed E-state index contributed by atoms with van der Waals surface area (Å²) in [6, 6.07) is 13.8. The highest BCUT2D eigenvalue weighted by Crippen LogP contribution is 2.32. The van der Waals surface area contributed by atoms with Crippen molar-refractivity contribution in [3.8, 4) is 23.3 Å². The number of carbonyl (C=O) groups is 1. The molecule has 1 heterocycles.